The van der Waals surface area contributed by atoms with Gasteiger partial charge in [-0.05, 0) is 56.9 Å². The van der Waals surface area contributed by atoms with Crippen LogP contribution in [-0.4, -0.2) is 47.2 Å². The van der Waals surface area contributed by atoms with Gasteiger partial charge in [0.25, 0.3) is 0 Å². The highest BCUT2D eigenvalue weighted by Gasteiger charge is 2.40. The number of aromatic amines is 1. The second-order valence-corrected chi connectivity index (χ2v) is 7.24. The first-order chi connectivity index (χ1) is 11.2. The van der Waals surface area contributed by atoms with E-state index in [0.717, 1.165) is 31.9 Å². The van der Waals surface area contributed by atoms with Crippen LogP contribution in [0.1, 0.15) is 56.7 Å². The van der Waals surface area contributed by atoms with Gasteiger partial charge in [-0.25, -0.2) is 0 Å². The number of nitrogens with one attached hydrogen (secondary N) is 2. The summed E-state index contributed by atoms with van der Waals surface area (Å²) >= 11 is 0. The SMILES string of the molecule is CCNC(=NCCCc1cn[nH]c1C)N1CCC2(CCCC2)C1. The predicted octanol–water partition coefficient (Wildman–Crippen LogP) is 2.88. The highest BCUT2D eigenvalue weighted by molar-refractivity contribution is 5.80. The Labute approximate surface area is 139 Å². The number of hydrogen-bond acceptors (Lipinski definition) is 2. The van der Waals surface area contributed by atoms with Crippen molar-refractivity contribution in [3.05, 3.63) is 17.5 Å². The van der Waals surface area contributed by atoms with E-state index in [1.165, 1.54) is 56.5 Å². The molecule has 0 unspecified atom stereocenters. The fourth-order valence-electron chi connectivity index (χ4n) is 4.16. The van der Waals surface area contributed by atoms with Gasteiger partial charge in [0.05, 0.1) is 6.20 Å². The van der Waals surface area contributed by atoms with E-state index in [2.05, 4.69) is 34.3 Å². The Morgan fingerprint density at radius 1 is 1.39 bits per heavy atom. The molecule has 128 valence electrons. The first-order valence-corrected chi connectivity index (χ1v) is 9.24. The largest absolute Gasteiger partial charge is 0.357 e. The topological polar surface area (TPSA) is 56.3 Å². The summed E-state index contributed by atoms with van der Waals surface area (Å²) in [5.74, 6) is 1.13. The molecule has 0 radical (unpaired) electrons. The molecular formula is C18H31N5. The van der Waals surface area contributed by atoms with Crippen LogP contribution in [0.4, 0.5) is 0 Å². The maximum Gasteiger partial charge on any atom is 0.193 e. The molecule has 5 nitrogen and oxygen atoms in total. The predicted molar refractivity (Wildman–Crippen MR) is 94.7 cm³/mol. The van der Waals surface area contributed by atoms with Gasteiger partial charge in [0.2, 0.25) is 0 Å². The van der Waals surface area contributed by atoms with Crippen molar-refractivity contribution >= 4 is 5.96 Å². The van der Waals surface area contributed by atoms with Gasteiger partial charge in [0.1, 0.15) is 0 Å². The molecule has 1 aromatic rings. The van der Waals surface area contributed by atoms with Crippen LogP contribution >= 0.6 is 0 Å². The second kappa shape index (κ2) is 7.37. The number of hydrogen-bond donors (Lipinski definition) is 2. The van der Waals surface area contributed by atoms with Crippen molar-refractivity contribution in [1.29, 1.82) is 0 Å². The molecule has 2 fully saturated rings. The molecule has 2 N–H and O–H groups in total. The first-order valence-electron chi connectivity index (χ1n) is 9.24. The summed E-state index contributed by atoms with van der Waals surface area (Å²) in [7, 11) is 0. The van der Waals surface area contributed by atoms with Crippen molar-refractivity contribution in [2.75, 3.05) is 26.2 Å². The van der Waals surface area contributed by atoms with Crippen LogP contribution in [0, 0.1) is 12.3 Å². The molecule has 1 aliphatic heterocycles. The Hall–Kier alpha value is -1.52. The lowest BCUT2D eigenvalue weighted by molar-refractivity contribution is 0.309. The molecule has 3 rings (SSSR count). The third-order valence-electron chi connectivity index (χ3n) is 5.54. The van der Waals surface area contributed by atoms with Gasteiger partial charge in [-0.2, -0.15) is 5.10 Å². The number of nitrogens with zero attached hydrogens (tertiary/aromatic N) is 3. The summed E-state index contributed by atoms with van der Waals surface area (Å²) in [6, 6.07) is 0. The lowest BCUT2D eigenvalue weighted by Gasteiger charge is -2.26. The van der Waals surface area contributed by atoms with E-state index in [0.29, 0.717) is 5.41 Å². The van der Waals surface area contributed by atoms with E-state index in [9.17, 15) is 0 Å². The lowest BCUT2D eigenvalue weighted by atomic mass is 9.86. The van der Waals surface area contributed by atoms with Gasteiger partial charge in [0.15, 0.2) is 5.96 Å². The van der Waals surface area contributed by atoms with Crippen molar-refractivity contribution in [3.8, 4) is 0 Å². The average Bonchev–Trinajstić information content (AvgIpc) is 3.27. The molecule has 0 amide bonds. The monoisotopic (exact) mass is 317 g/mol. The summed E-state index contributed by atoms with van der Waals surface area (Å²) in [5.41, 5.74) is 3.10. The molecule has 23 heavy (non-hydrogen) atoms. The van der Waals surface area contributed by atoms with E-state index in [1.807, 2.05) is 6.20 Å². The maximum atomic E-state index is 4.88. The normalized spacial score (nSPS) is 20.6. The Bertz CT molecular complexity index is 527. The van der Waals surface area contributed by atoms with Crippen molar-refractivity contribution in [1.82, 2.24) is 20.4 Å². The molecule has 0 atom stereocenters. The van der Waals surface area contributed by atoms with Crippen LogP contribution in [0.25, 0.3) is 0 Å². The molecule has 2 heterocycles. The number of rotatable bonds is 5. The minimum Gasteiger partial charge on any atom is -0.357 e. The Balaban J connectivity index is 1.52. The van der Waals surface area contributed by atoms with Crippen molar-refractivity contribution in [2.45, 2.75) is 58.8 Å². The summed E-state index contributed by atoms with van der Waals surface area (Å²) in [6.07, 6.45) is 11.1. The van der Waals surface area contributed by atoms with Crippen molar-refractivity contribution < 1.29 is 0 Å². The number of aliphatic imine (C=N–C) groups is 1. The third-order valence-corrected chi connectivity index (χ3v) is 5.54. The third kappa shape index (κ3) is 3.88. The fourth-order valence-corrected chi connectivity index (χ4v) is 4.16. The number of aryl methyl sites for hydroxylation is 2. The van der Waals surface area contributed by atoms with Crippen LogP contribution in [0.2, 0.25) is 0 Å². The Morgan fingerprint density at radius 3 is 2.91 bits per heavy atom. The highest BCUT2D eigenvalue weighted by atomic mass is 15.3. The molecule has 1 aromatic heterocycles. The number of likely N-dealkylation sites (tertiary alicyclic amines) is 1. The summed E-state index contributed by atoms with van der Waals surface area (Å²) in [5, 5.41) is 10.6. The van der Waals surface area contributed by atoms with Crippen LogP contribution in [-0.2, 0) is 6.42 Å². The van der Waals surface area contributed by atoms with Crippen LogP contribution < -0.4 is 5.32 Å². The zero-order chi connectivity index (χ0) is 16.1. The molecule has 1 spiro atoms. The van der Waals surface area contributed by atoms with Gasteiger partial charge in [-0.15, -0.1) is 0 Å². The van der Waals surface area contributed by atoms with E-state index >= 15 is 0 Å². The minimum absolute atomic E-state index is 0.601. The minimum atomic E-state index is 0.601. The molecule has 1 saturated carbocycles. The zero-order valence-corrected chi connectivity index (χ0v) is 14.7. The Morgan fingerprint density at radius 2 is 2.22 bits per heavy atom. The average molecular weight is 317 g/mol. The molecule has 0 aromatic carbocycles. The van der Waals surface area contributed by atoms with E-state index < -0.39 is 0 Å². The van der Waals surface area contributed by atoms with E-state index in [-0.39, 0.29) is 0 Å². The maximum absolute atomic E-state index is 4.88. The van der Waals surface area contributed by atoms with E-state index in [4.69, 9.17) is 4.99 Å². The van der Waals surface area contributed by atoms with E-state index in [1.54, 1.807) is 0 Å². The first kappa shape index (κ1) is 16.3. The van der Waals surface area contributed by atoms with Gasteiger partial charge in [-0.3, -0.25) is 10.1 Å². The second-order valence-electron chi connectivity index (χ2n) is 7.24. The van der Waals surface area contributed by atoms with Crippen LogP contribution in [0.5, 0.6) is 0 Å². The quantitative estimate of drug-likeness (QED) is 0.499. The van der Waals surface area contributed by atoms with Crippen LogP contribution in [0.3, 0.4) is 0 Å². The standard InChI is InChI=1S/C18H31N5/c1-3-19-17(20-11-6-7-16-13-21-22-15(16)2)23-12-10-18(14-23)8-4-5-9-18/h13H,3-12,14H2,1-2H3,(H,19,20)(H,21,22). The van der Waals surface area contributed by atoms with Crippen LogP contribution in [0.15, 0.2) is 11.2 Å². The lowest BCUT2D eigenvalue weighted by Crippen LogP contribution is -2.41. The molecule has 0 bridgehead atoms. The van der Waals surface area contributed by atoms with Gasteiger partial charge in [-0.1, -0.05) is 12.8 Å². The number of guanidine groups is 1. The Kier molecular flexibility index (Phi) is 5.23. The summed E-state index contributed by atoms with van der Waals surface area (Å²) < 4.78 is 0. The van der Waals surface area contributed by atoms with Gasteiger partial charge >= 0.3 is 0 Å². The molecular weight excluding hydrogens is 286 g/mol. The summed E-state index contributed by atoms with van der Waals surface area (Å²) in [4.78, 5) is 7.38. The van der Waals surface area contributed by atoms with Crippen molar-refractivity contribution in [2.24, 2.45) is 10.4 Å². The number of aromatic nitrogens is 2. The smallest absolute Gasteiger partial charge is 0.193 e. The van der Waals surface area contributed by atoms with Gasteiger partial charge < -0.3 is 10.2 Å². The zero-order valence-electron chi connectivity index (χ0n) is 14.7. The van der Waals surface area contributed by atoms with Gasteiger partial charge in [0, 0.05) is 31.9 Å². The molecule has 2 aliphatic rings. The molecule has 5 heteroatoms. The fraction of sp³-hybridized carbons (Fsp3) is 0.778. The molecule has 1 aliphatic carbocycles. The summed E-state index contributed by atoms with van der Waals surface area (Å²) in [6.45, 7) is 8.46. The van der Waals surface area contributed by atoms with Crippen molar-refractivity contribution in [3.63, 3.8) is 0 Å². The highest BCUT2D eigenvalue weighted by Crippen LogP contribution is 2.45. The number of H-pyrrole nitrogens is 1. The molecule has 1 saturated heterocycles.